The summed E-state index contributed by atoms with van der Waals surface area (Å²) in [5.41, 5.74) is 1.50. The van der Waals surface area contributed by atoms with Gasteiger partial charge in [-0.15, -0.1) is 11.6 Å². The predicted octanol–water partition coefficient (Wildman–Crippen LogP) is 5.07. The molecule has 0 radical (unpaired) electrons. The highest BCUT2D eigenvalue weighted by atomic mass is 35.5. The third-order valence-electron chi connectivity index (χ3n) is 6.33. The van der Waals surface area contributed by atoms with Crippen LogP contribution in [0.2, 0.25) is 5.02 Å². The van der Waals surface area contributed by atoms with Gasteiger partial charge in [0.2, 0.25) is 18.6 Å². The number of nitrogens with one attached hydrogen (secondary N) is 1. The van der Waals surface area contributed by atoms with Gasteiger partial charge in [-0.25, -0.2) is 0 Å². The number of hydrogen-bond acceptors (Lipinski definition) is 4. The normalized spacial score (nSPS) is 20.2. The van der Waals surface area contributed by atoms with Gasteiger partial charge in [-0.2, -0.15) is 0 Å². The van der Waals surface area contributed by atoms with Crippen molar-refractivity contribution < 1.29 is 19.1 Å². The largest absolute Gasteiger partial charge is 0.454 e. The standard InChI is InChI=1S/C25H28Cl2N2O4/c1-16-2-9-20(10-3-16)28-25(31)24(18-5-7-19(27)8-6-18)29(23(30)13-26)14-17-4-11-21-22(12-17)33-15-32-21/h4-8,11-12,16,20,24H,2-3,9-10,13-15H2,1H3,(H,28,31)/t16?,20?,24-/m1/s1. The van der Waals surface area contributed by atoms with Crippen LogP contribution in [0.4, 0.5) is 0 Å². The van der Waals surface area contributed by atoms with Gasteiger partial charge in [-0.05, 0) is 67.0 Å². The first-order valence-electron chi connectivity index (χ1n) is 11.2. The number of amides is 2. The fourth-order valence-corrected chi connectivity index (χ4v) is 4.72. The van der Waals surface area contributed by atoms with E-state index in [9.17, 15) is 9.59 Å². The number of rotatable bonds is 7. The lowest BCUT2D eigenvalue weighted by molar-refractivity contribution is -0.140. The highest BCUT2D eigenvalue weighted by Gasteiger charge is 2.33. The molecule has 0 saturated heterocycles. The van der Waals surface area contributed by atoms with Crippen molar-refractivity contribution in [2.45, 2.75) is 51.2 Å². The molecule has 1 aliphatic heterocycles. The SMILES string of the molecule is CC1CCC(NC(=O)[C@@H](c2ccc(Cl)cc2)N(Cc2ccc3c(c2)OCO3)C(=O)CCl)CC1. The van der Waals surface area contributed by atoms with E-state index >= 15 is 0 Å². The number of halogens is 2. The van der Waals surface area contributed by atoms with Crippen molar-refractivity contribution in [1.82, 2.24) is 10.2 Å². The molecule has 2 aromatic carbocycles. The molecule has 1 heterocycles. The molecule has 1 N–H and O–H groups in total. The van der Waals surface area contributed by atoms with Crippen LogP contribution in [-0.2, 0) is 16.1 Å². The number of fused-ring (bicyclic) bond motifs is 1. The zero-order valence-corrected chi connectivity index (χ0v) is 20.1. The minimum Gasteiger partial charge on any atom is -0.454 e. The van der Waals surface area contributed by atoms with Gasteiger partial charge in [0.15, 0.2) is 11.5 Å². The van der Waals surface area contributed by atoms with Crippen LogP contribution in [0.3, 0.4) is 0 Å². The Kier molecular flexibility index (Phi) is 7.66. The Labute approximate surface area is 204 Å². The fourth-order valence-electron chi connectivity index (χ4n) is 4.44. The van der Waals surface area contributed by atoms with Crippen LogP contribution < -0.4 is 14.8 Å². The Morgan fingerprint density at radius 3 is 2.45 bits per heavy atom. The summed E-state index contributed by atoms with van der Waals surface area (Å²) < 4.78 is 10.9. The Morgan fingerprint density at radius 2 is 1.76 bits per heavy atom. The summed E-state index contributed by atoms with van der Waals surface area (Å²) in [7, 11) is 0. The van der Waals surface area contributed by atoms with Crippen LogP contribution in [0.1, 0.15) is 49.8 Å². The van der Waals surface area contributed by atoms with E-state index < -0.39 is 6.04 Å². The Bertz CT molecular complexity index is 990. The minimum atomic E-state index is -0.835. The second-order valence-corrected chi connectivity index (χ2v) is 9.47. The van der Waals surface area contributed by atoms with Gasteiger partial charge in [0.1, 0.15) is 11.9 Å². The third kappa shape index (κ3) is 5.74. The van der Waals surface area contributed by atoms with E-state index in [-0.39, 0.29) is 37.1 Å². The molecule has 2 aromatic rings. The fraction of sp³-hybridized carbons (Fsp3) is 0.440. The average Bonchev–Trinajstić information content (AvgIpc) is 3.29. The maximum absolute atomic E-state index is 13.6. The van der Waals surface area contributed by atoms with Crippen molar-refractivity contribution in [3.8, 4) is 11.5 Å². The number of carbonyl (C=O) groups is 2. The summed E-state index contributed by atoms with van der Waals surface area (Å²) in [6.45, 7) is 2.60. The smallest absolute Gasteiger partial charge is 0.247 e. The minimum absolute atomic E-state index is 0.0991. The topological polar surface area (TPSA) is 67.9 Å². The highest BCUT2D eigenvalue weighted by molar-refractivity contribution is 6.30. The molecule has 0 bridgehead atoms. The maximum atomic E-state index is 13.6. The van der Waals surface area contributed by atoms with E-state index in [2.05, 4.69) is 12.2 Å². The number of carbonyl (C=O) groups excluding carboxylic acids is 2. The quantitative estimate of drug-likeness (QED) is 0.549. The molecule has 33 heavy (non-hydrogen) atoms. The van der Waals surface area contributed by atoms with Crippen LogP contribution in [0.15, 0.2) is 42.5 Å². The molecule has 1 aliphatic carbocycles. The van der Waals surface area contributed by atoms with Crippen molar-refractivity contribution in [3.05, 3.63) is 58.6 Å². The van der Waals surface area contributed by atoms with Crippen molar-refractivity contribution in [2.24, 2.45) is 5.92 Å². The first kappa shape index (κ1) is 23.7. The van der Waals surface area contributed by atoms with Crippen molar-refractivity contribution >= 4 is 35.0 Å². The summed E-state index contributed by atoms with van der Waals surface area (Å²) in [4.78, 5) is 28.1. The highest BCUT2D eigenvalue weighted by Crippen LogP contribution is 2.34. The van der Waals surface area contributed by atoms with Crippen LogP contribution in [-0.4, -0.2) is 35.4 Å². The van der Waals surface area contributed by atoms with Crippen LogP contribution in [0.5, 0.6) is 11.5 Å². The Hall–Kier alpha value is -2.44. The molecule has 2 aliphatic rings. The molecule has 176 valence electrons. The second kappa shape index (κ2) is 10.7. The molecule has 4 rings (SSSR count). The van der Waals surface area contributed by atoms with E-state index in [1.165, 1.54) is 4.90 Å². The molecule has 0 unspecified atom stereocenters. The monoisotopic (exact) mass is 490 g/mol. The number of nitrogens with zero attached hydrogens (tertiary/aromatic N) is 1. The van der Waals surface area contributed by atoms with Crippen LogP contribution >= 0.6 is 23.2 Å². The molecular formula is C25H28Cl2N2O4. The Balaban J connectivity index is 1.63. The van der Waals surface area contributed by atoms with E-state index in [0.717, 1.165) is 31.2 Å². The number of benzene rings is 2. The molecule has 1 saturated carbocycles. The van der Waals surface area contributed by atoms with Gasteiger partial charge in [-0.3, -0.25) is 9.59 Å². The zero-order chi connectivity index (χ0) is 23.4. The molecular weight excluding hydrogens is 463 g/mol. The van der Waals surface area contributed by atoms with E-state index in [1.807, 2.05) is 18.2 Å². The lowest BCUT2D eigenvalue weighted by atomic mass is 9.87. The number of alkyl halides is 1. The molecule has 0 spiro atoms. The van der Waals surface area contributed by atoms with Crippen molar-refractivity contribution in [3.63, 3.8) is 0 Å². The lowest BCUT2D eigenvalue weighted by Crippen LogP contribution is -2.47. The summed E-state index contributed by atoms with van der Waals surface area (Å²) in [5.74, 6) is 1.17. The third-order valence-corrected chi connectivity index (χ3v) is 6.81. The van der Waals surface area contributed by atoms with Gasteiger partial charge >= 0.3 is 0 Å². The van der Waals surface area contributed by atoms with Crippen molar-refractivity contribution in [1.29, 1.82) is 0 Å². The van der Waals surface area contributed by atoms with Gasteiger partial charge in [0.05, 0.1) is 0 Å². The lowest BCUT2D eigenvalue weighted by Gasteiger charge is -2.34. The molecule has 1 atom stereocenters. The van der Waals surface area contributed by atoms with Gasteiger partial charge < -0.3 is 19.7 Å². The first-order chi connectivity index (χ1) is 15.9. The molecule has 1 fully saturated rings. The summed E-state index contributed by atoms with van der Waals surface area (Å²) in [6, 6.07) is 11.8. The van der Waals surface area contributed by atoms with Gasteiger partial charge in [0.25, 0.3) is 0 Å². The number of ether oxygens (including phenoxy) is 2. The molecule has 8 heteroatoms. The van der Waals surface area contributed by atoms with E-state index in [0.29, 0.717) is 28.0 Å². The predicted molar refractivity (Wildman–Crippen MR) is 128 cm³/mol. The van der Waals surface area contributed by atoms with Crippen molar-refractivity contribution in [2.75, 3.05) is 12.7 Å². The first-order valence-corrected chi connectivity index (χ1v) is 12.2. The maximum Gasteiger partial charge on any atom is 0.247 e. The van der Waals surface area contributed by atoms with Gasteiger partial charge in [-0.1, -0.05) is 36.7 Å². The average molecular weight is 491 g/mol. The van der Waals surface area contributed by atoms with E-state index in [4.69, 9.17) is 32.7 Å². The molecule has 2 amide bonds. The van der Waals surface area contributed by atoms with E-state index in [1.54, 1.807) is 24.3 Å². The second-order valence-electron chi connectivity index (χ2n) is 8.76. The Morgan fingerprint density at radius 1 is 1.06 bits per heavy atom. The summed E-state index contributed by atoms with van der Waals surface area (Å²) in [5, 5.41) is 3.75. The summed E-state index contributed by atoms with van der Waals surface area (Å²) in [6.07, 6.45) is 4.04. The number of hydrogen-bond donors (Lipinski definition) is 1. The zero-order valence-electron chi connectivity index (χ0n) is 18.6. The molecule has 0 aromatic heterocycles. The summed E-state index contributed by atoms with van der Waals surface area (Å²) >= 11 is 12.1. The van der Waals surface area contributed by atoms with Crippen LogP contribution in [0, 0.1) is 5.92 Å². The molecule has 6 nitrogen and oxygen atoms in total. The van der Waals surface area contributed by atoms with Gasteiger partial charge in [0, 0.05) is 17.6 Å². The van der Waals surface area contributed by atoms with Crippen LogP contribution in [0.25, 0.3) is 0 Å².